The van der Waals surface area contributed by atoms with Crippen LogP contribution < -0.4 is 4.74 Å². The van der Waals surface area contributed by atoms with Gasteiger partial charge in [-0.15, -0.1) is 13.2 Å². The standard InChI is InChI=1S/C11H6F3NO3/c12-11(13,14)18-6-1-2-9-7(3-6)8(4-15-9)10(17)5-16/h1-5,15H. The van der Waals surface area contributed by atoms with Gasteiger partial charge in [-0.3, -0.25) is 9.59 Å². The molecule has 0 radical (unpaired) electrons. The number of H-pyrrole nitrogens is 1. The van der Waals surface area contributed by atoms with Crippen LogP contribution in [-0.4, -0.2) is 23.4 Å². The van der Waals surface area contributed by atoms with E-state index >= 15 is 0 Å². The summed E-state index contributed by atoms with van der Waals surface area (Å²) in [5.41, 5.74) is 0.447. The van der Waals surface area contributed by atoms with E-state index in [1.807, 2.05) is 0 Å². The largest absolute Gasteiger partial charge is 0.573 e. The van der Waals surface area contributed by atoms with Crippen LogP contribution in [0.15, 0.2) is 24.4 Å². The molecule has 0 amide bonds. The van der Waals surface area contributed by atoms with Crippen LogP contribution in [0.4, 0.5) is 13.2 Å². The summed E-state index contributed by atoms with van der Waals surface area (Å²) >= 11 is 0. The summed E-state index contributed by atoms with van der Waals surface area (Å²) < 4.78 is 39.9. The maximum atomic E-state index is 12.0. The molecule has 18 heavy (non-hydrogen) atoms. The van der Waals surface area contributed by atoms with Crippen molar-refractivity contribution in [3.63, 3.8) is 0 Å². The summed E-state index contributed by atoms with van der Waals surface area (Å²) in [6.07, 6.45) is -3.45. The van der Waals surface area contributed by atoms with Gasteiger partial charge in [-0.05, 0) is 18.2 Å². The quantitative estimate of drug-likeness (QED) is 0.522. The predicted molar refractivity (Wildman–Crippen MR) is 55.4 cm³/mol. The van der Waals surface area contributed by atoms with Gasteiger partial charge < -0.3 is 9.72 Å². The molecule has 0 bridgehead atoms. The number of halogens is 3. The number of aromatic amines is 1. The lowest BCUT2D eigenvalue weighted by atomic mass is 10.1. The van der Waals surface area contributed by atoms with Crippen LogP contribution >= 0.6 is 0 Å². The van der Waals surface area contributed by atoms with E-state index in [4.69, 9.17) is 0 Å². The molecule has 2 aromatic rings. The first-order chi connectivity index (χ1) is 8.40. The van der Waals surface area contributed by atoms with Crippen LogP contribution in [0.2, 0.25) is 0 Å². The zero-order valence-corrected chi connectivity index (χ0v) is 8.75. The molecule has 4 nitrogen and oxygen atoms in total. The Balaban J connectivity index is 2.49. The summed E-state index contributed by atoms with van der Waals surface area (Å²) in [6.45, 7) is 0. The van der Waals surface area contributed by atoms with E-state index in [9.17, 15) is 22.8 Å². The first-order valence-corrected chi connectivity index (χ1v) is 4.77. The SMILES string of the molecule is O=CC(=O)c1c[nH]c2ccc(OC(F)(F)F)cc12. The molecule has 0 spiro atoms. The fraction of sp³-hybridized carbons (Fsp3) is 0.0909. The number of fused-ring (bicyclic) bond motifs is 1. The Morgan fingerprint density at radius 2 is 2.06 bits per heavy atom. The number of ketones is 1. The molecule has 0 aliphatic carbocycles. The third-order valence-electron chi connectivity index (χ3n) is 2.26. The molecule has 0 saturated heterocycles. The van der Waals surface area contributed by atoms with Crippen molar-refractivity contribution < 1.29 is 27.5 Å². The summed E-state index contributed by atoms with van der Waals surface area (Å²) in [5, 5.41) is 0.203. The van der Waals surface area contributed by atoms with Crippen LogP contribution in [0.25, 0.3) is 10.9 Å². The fourth-order valence-electron chi connectivity index (χ4n) is 1.56. The molecule has 2 rings (SSSR count). The Morgan fingerprint density at radius 3 is 2.67 bits per heavy atom. The van der Waals surface area contributed by atoms with Gasteiger partial charge >= 0.3 is 6.36 Å². The third-order valence-corrected chi connectivity index (χ3v) is 2.26. The maximum Gasteiger partial charge on any atom is 0.573 e. The molecule has 1 N–H and O–H groups in total. The summed E-state index contributed by atoms with van der Waals surface area (Å²) in [4.78, 5) is 24.3. The van der Waals surface area contributed by atoms with Crippen molar-refractivity contribution in [3.8, 4) is 5.75 Å². The summed E-state index contributed by atoms with van der Waals surface area (Å²) in [7, 11) is 0. The highest BCUT2D eigenvalue weighted by Gasteiger charge is 2.31. The normalized spacial score (nSPS) is 11.5. The monoisotopic (exact) mass is 257 g/mol. The smallest absolute Gasteiger partial charge is 0.406 e. The molecular weight excluding hydrogens is 251 g/mol. The van der Waals surface area contributed by atoms with Gasteiger partial charge in [-0.2, -0.15) is 0 Å². The first kappa shape index (κ1) is 12.2. The molecule has 0 aliphatic rings. The Bertz CT molecular complexity index is 616. The number of aldehydes is 1. The number of nitrogens with one attached hydrogen (secondary N) is 1. The zero-order valence-electron chi connectivity index (χ0n) is 8.75. The highest BCUT2D eigenvalue weighted by atomic mass is 19.4. The molecule has 7 heteroatoms. The van der Waals surface area contributed by atoms with E-state index in [1.165, 1.54) is 12.3 Å². The van der Waals surface area contributed by atoms with Gasteiger partial charge in [0.05, 0.1) is 5.56 Å². The Hall–Kier alpha value is -2.31. The predicted octanol–water partition coefficient (Wildman–Crippen LogP) is 2.45. The van der Waals surface area contributed by atoms with Gasteiger partial charge in [0.2, 0.25) is 5.78 Å². The average Bonchev–Trinajstić information content (AvgIpc) is 2.69. The number of rotatable bonds is 3. The lowest BCUT2D eigenvalue weighted by Gasteiger charge is -2.08. The van der Waals surface area contributed by atoms with E-state index in [0.29, 0.717) is 5.52 Å². The first-order valence-electron chi connectivity index (χ1n) is 4.77. The van der Waals surface area contributed by atoms with E-state index in [-0.39, 0.29) is 17.2 Å². The van der Waals surface area contributed by atoms with Crippen molar-refractivity contribution >= 4 is 23.0 Å². The molecular formula is C11H6F3NO3. The molecule has 0 fully saturated rings. The van der Waals surface area contributed by atoms with Crippen molar-refractivity contribution in [1.82, 2.24) is 4.98 Å². The second-order valence-electron chi connectivity index (χ2n) is 3.44. The highest BCUT2D eigenvalue weighted by Crippen LogP contribution is 2.28. The lowest BCUT2D eigenvalue weighted by molar-refractivity contribution is -0.274. The van der Waals surface area contributed by atoms with Crippen LogP contribution in [0.1, 0.15) is 10.4 Å². The van der Waals surface area contributed by atoms with E-state index < -0.39 is 17.9 Å². The van der Waals surface area contributed by atoms with Crippen molar-refractivity contribution in [2.24, 2.45) is 0 Å². The van der Waals surface area contributed by atoms with E-state index in [2.05, 4.69) is 9.72 Å². The van der Waals surface area contributed by atoms with Gasteiger partial charge in [-0.1, -0.05) is 0 Å². The van der Waals surface area contributed by atoms with E-state index in [0.717, 1.165) is 12.1 Å². The number of hydrogen-bond acceptors (Lipinski definition) is 3. The molecule has 0 atom stereocenters. The van der Waals surface area contributed by atoms with Gasteiger partial charge in [-0.25, -0.2) is 0 Å². The van der Waals surface area contributed by atoms with Gasteiger partial charge in [0, 0.05) is 17.1 Å². The minimum absolute atomic E-state index is 0.00706. The third kappa shape index (κ3) is 2.34. The van der Waals surface area contributed by atoms with Gasteiger partial charge in [0.1, 0.15) is 5.75 Å². The number of Topliss-reactive ketones (excluding diaryl/α,β-unsaturated/α-hetero) is 1. The van der Waals surface area contributed by atoms with Crippen LogP contribution in [0.3, 0.4) is 0 Å². The molecule has 1 heterocycles. The number of carbonyl (C=O) groups excluding carboxylic acids is 2. The number of carbonyl (C=O) groups is 2. The number of benzene rings is 1. The number of alkyl halides is 3. The number of hydrogen-bond donors (Lipinski definition) is 1. The molecule has 1 aromatic heterocycles. The molecule has 94 valence electrons. The second kappa shape index (κ2) is 4.17. The van der Waals surface area contributed by atoms with Crippen molar-refractivity contribution in [1.29, 1.82) is 0 Å². The van der Waals surface area contributed by atoms with Crippen molar-refractivity contribution in [2.75, 3.05) is 0 Å². The summed E-state index contributed by atoms with van der Waals surface area (Å²) in [6, 6.07) is 3.50. The second-order valence-corrected chi connectivity index (χ2v) is 3.44. The van der Waals surface area contributed by atoms with Crippen LogP contribution in [-0.2, 0) is 4.79 Å². The zero-order chi connectivity index (χ0) is 13.3. The van der Waals surface area contributed by atoms with Crippen molar-refractivity contribution in [3.05, 3.63) is 30.0 Å². The fourth-order valence-corrected chi connectivity index (χ4v) is 1.56. The van der Waals surface area contributed by atoms with Crippen molar-refractivity contribution in [2.45, 2.75) is 6.36 Å². The summed E-state index contributed by atoms with van der Waals surface area (Å²) in [5.74, 6) is -1.26. The Labute approximate surface area is 98.4 Å². The van der Waals surface area contributed by atoms with Gasteiger partial charge in [0.25, 0.3) is 0 Å². The number of aromatic nitrogens is 1. The highest BCUT2D eigenvalue weighted by molar-refractivity contribution is 6.36. The minimum Gasteiger partial charge on any atom is -0.406 e. The number of ether oxygens (including phenoxy) is 1. The molecule has 0 saturated carbocycles. The van der Waals surface area contributed by atoms with E-state index in [1.54, 1.807) is 0 Å². The van der Waals surface area contributed by atoms with Gasteiger partial charge in [0.15, 0.2) is 6.29 Å². The molecule has 0 unspecified atom stereocenters. The Morgan fingerprint density at radius 1 is 1.33 bits per heavy atom. The van der Waals surface area contributed by atoms with Crippen LogP contribution in [0.5, 0.6) is 5.75 Å². The Kier molecular flexibility index (Phi) is 2.82. The lowest BCUT2D eigenvalue weighted by Crippen LogP contribution is -2.17. The van der Waals surface area contributed by atoms with Crippen LogP contribution in [0, 0.1) is 0 Å². The topological polar surface area (TPSA) is 59.2 Å². The minimum atomic E-state index is -4.81. The molecule has 0 aliphatic heterocycles. The molecule has 1 aromatic carbocycles. The maximum absolute atomic E-state index is 12.0. The average molecular weight is 257 g/mol.